The van der Waals surface area contributed by atoms with E-state index in [1.54, 1.807) is 0 Å². The van der Waals surface area contributed by atoms with Crippen LogP contribution in [0.15, 0.2) is 24.3 Å². The molecule has 1 saturated carbocycles. The van der Waals surface area contributed by atoms with Crippen molar-refractivity contribution in [1.29, 1.82) is 0 Å². The highest BCUT2D eigenvalue weighted by Gasteiger charge is 2.44. The van der Waals surface area contributed by atoms with Gasteiger partial charge in [0.05, 0.1) is 5.41 Å². The van der Waals surface area contributed by atoms with E-state index in [0.717, 1.165) is 24.8 Å². The second-order valence-electron chi connectivity index (χ2n) is 4.24. The number of halogens is 1. The molecule has 1 aliphatic carbocycles. The Labute approximate surface area is 103 Å². The zero-order chi connectivity index (χ0) is 10.9. The molecule has 1 aromatic rings. The second-order valence-corrected chi connectivity index (χ2v) is 5.49. The summed E-state index contributed by atoms with van der Waals surface area (Å²) in [5.74, 6) is -0.632. The average molecular weight is 316 g/mol. The molecule has 0 bridgehead atoms. The molecule has 3 heteroatoms. The number of carboxylic acid groups (broad SMARTS) is 1. The second kappa shape index (κ2) is 4.12. The number of hydrogen-bond donors (Lipinski definition) is 1. The van der Waals surface area contributed by atoms with E-state index in [1.807, 2.05) is 24.3 Å². The van der Waals surface area contributed by atoms with Gasteiger partial charge in [-0.2, -0.15) is 0 Å². The highest BCUT2D eigenvalue weighted by atomic mass is 127. The fraction of sp³-hybridized carbons (Fsp3) is 0.417. The third-order valence-corrected chi connectivity index (χ3v) is 3.94. The lowest BCUT2D eigenvalue weighted by Gasteiger charge is -2.37. The third kappa shape index (κ3) is 2.17. The predicted octanol–water partition coefficient (Wildman–Crippen LogP) is 3.09. The monoisotopic (exact) mass is 316 g/mol. The zero-order valence-corrected chi connectivity index (χ0v) is 10.5. The van der Waals surface area contributed by atoms with E-state index < -0.39 is 11.4 Å². The Balaban J connectivity index is 2.13. The van der Waals surface area contributed by atoms with Crippen molar-refractivity contribution in [2.24, 2.45) is 5.41 Å². The van der Waals surface area contributed by atoms with Crippen LogP contribution < -0.4 is 0 Å². The topological polar surface area (TPSA) is 37.3 Å². The van der Waals surface area contributed by atoms with Crippen molar-refractivity contribution in [2.45, 2.75) is 25.7 Å². The first kappa shape index (κ1) is 10.9. The lowest BCUT2D eigenvalue weighted by Crippen LogP contribution is -2.39. The predicted molar refractivity (Wildman–Crippen MR) is 66.8 cm³/mol. The van der Waals surface area contributed by atoms with Gasteiger partial charge in [0.2, 0.25) is 0 Å². The number of carbonyl (C=O) groups is 1. The fourth-order valence-electron chi connectivity index (χ4n) is 2.06. The van der Waals surface area contributed by atoms with Crippen LogP contribution in [0.2, 0.25) is 0 Å². The van der Waals surface area contributed by atoms with Gasteiger partial charge >= 0.3 is 5.97 Å². The van der Waals surface area contributed by atoms with Crippen LogP contribution in [0.4, 0.5) is 0 Å². The molecule has 0 spiro atoms. The average Bonchev–Trinajstić information content (AvgIpc) is 2.13. The summed E-state index contributed by atoms with van der Waals surface area (Å²) in [6, 6.07) is 8.13. The van der Waals surface area contributed by atoms with Crippen molar-refractivity contribution in [3.8, 4) is 0 Å². The Morgan fingerprint density at radius 2 is 1.93 bits per heavy atom. The van der Waals surface area contributed by atoms with E-state index >= 15 is 0 Å². The van der Waals surface area contributed by atoms with Crippen molar-refractivity contribution >= 4 is 28.6 Å². The van der Waals surface area contributed by atoms with Gasteiger partial charge in [0.1, 0.15) is 0 Å². The van der Waals surface area contributed by atoms with Crippen LogP contribution in [0.1, 0.15) is 24.8 Å². The molecule has 0 amide bonds. The highest BCUT2D eigenvalue weighted by molar-refractivity contribution is 14.1. The Kier molecular flexibility index (Phi) is 3.00. The Hall–Kier alpha value is -0.580. The van der Waals surface area contributed by atoms with Gasteiger partial charge in [-0.15, -0.1) is 0 Å². The van der Waals surface area contributed by atoms with Gasteiger partial charge < -0.3 is 5.11 Å². The summed E-state index contributed by atoms with van der Waals surface area (Å²) >= 11 is 2.25. The molecule has 2 nitrogen and oxygen atoms in total. The molecule has 0 atom stereocenters. The number of aliphatic carboxylic acids is 1. The summed E-state index contributed by atoms with van der Waals surface area (Å²) in [5, 5.41) is 9.20. The third-order valence-electron chi connectivity index (χ3n) is 3.22. The van der Waals surface area contributed by atoms with Gasteiger partial charge in [-0.05, 0) is 59.5 Å². The number of rotatable bonds is 3. The van der Waals surface area contributed by atoms with Gasteiger partial charge in [-0.25, -0.2) is 0 Å². The first-order chi connectivity index (χ1) is 7.12. The molecular formula is C12H13IO2. The molecule has 80 valence electrons. The van der Waals surface area contributed by atoms with E-state index in [4.69, 9.17) is 0 Å². The Bertz CT molecular complexity index is 366. The molecule has 0 unspecified atom stereocenters. The maximum absolute atomic E-state index is 11.2. The zero-order valence-electron chi connectivity index (χ0n) is 8.37. The van der Waals surface area contributed by atoms with Gasteiger partial charge in [-0.1, -0.05) is 18.6 Å². The molecule has 0 radical (unpaired) electrons. The summed E-state index contributed by atoms with van der Waals surface area (Å²) < 4.78 is 1.19. The smallest absolute Gasteiger partial charge is 0.309 e. The Morgan fingerprint density at radius 1 is 1.33 bits per heavy atom. The summed E-state index contributed by atoms with van der Waals surface area (Å²) in [4.78, 5) is 11.2. The lowest BCUT2D eigenvalue weighted by atomic mass is 9.65. The molecule has 0 saturated heterocycles. The quantitative estimate of drug-likeness (QED) is 0.870. The van der Waals surface area contributed by atoms with Crippen molar-refractivity contribution in [3.63, 3.8) is 0 Å². The summed E-state index contributed by atoms with van der Waals surface area (Å²) in [7, 11) is 0. The summed E-state index contributed by atoms with van der Waals surface area (Å²) in [5.41, 5.74) is 0.671. The lowest BCUT2D eigenvalue weighted by molar-refractivity contribution is -0.154. The SMILES string of the molecule is O=C(O)C1(Cc2ccc(I)cc2)CCC1. The normalized spacial score (nSPS) is 18.2. The number of benzene rings is 1. The van der Waals surface area contributed by atoms with Crippen LogP contribution in [0, 0.1) is 8.99 Å². The molecule has 15 heavy (non-hydrogen) atoms. The number of hydrogen-bond acceptors (Lipinski definition) is 1. The van der Waals surface area contributed by atoms with Crippen molar-refractivity contribution < 1.29 is 9.90 Å². The van der Waals surface area contributed by atoms with E-state index in [9.17, 15) is 9.90 Å². The van der Waals surface area contributed by atoms with Gasteiger partial charge in [0.15, 0.2) is 0 Å². The van der Waals surface area contributed by atoms with E-state index in [1.165, 1.54) is 3.57 Å². The first-order valence-corrected chi connectivity index (χ1v) is 6.18. The Morgan fingerprint density at radius 3 is 2.33 bits per heavy atom. The molecule has 1 fully saturated rings. The van der Waals surface area contributed by atoms with Crippen LogP contribution in [0.25, 0.3) is 0 Å². The molecule has 0 aromatic heterocycles. The molecular weight excluding hydrogens is 303 g/mol. The van der Waals surface area contributed by atoms with Crippen molar-refractivity contribution in [2.75, 3.05) is 0 Å². The van der Waals surface area contributed by atoms with Gasteiger partial charge in [0.25, 0.3) is 0 Å². The fourth-order valence-corrected chi connectivity index (χ4v) is 2.42. The minimum atomic E-state index is -0.632. The minimum Gasteiger partial charge on any atom is -0.481 e. The molecule has 0 heterocycles. The molecule has 1 aliphatic rings. The molecule has 1 aromatic carbocycles. The van der Waals surface area contributed by atoms with E-state index in [-0.39, 0.29) is 0 Å². The first-order valence-electron chi connectivity index (χ1n) is 5.10. The van der Waals surface area contributed by atoms with Crippen molar-refractivity contribution in [3.05, 3.63) is 33.4 Å². The molecule has 2 rings (SSSR count). The van der Waals surface area contributed by atoms with Crippen LogP contribution >= 0.6 is 22.6 Å². The van der Waals surface area contributed by atoms with Gasteiger partial charge in [-0.3, -0.25) is 4.79 Å². The van der Waals surface area contributed by atoms with Gasteiger partial charge in [0, 0.05) is 3.57 Å². The summed E-state index contributed by atoms with van der Waals surface area (Å²) in [6.07, 6.45) is 3.39. The van der Waals surface area contributed by atoms with Crippen molar-refractivity contribution in [1.82, 2.24) is 0 Å². The maximum atomic E-state index is 11.2. The van der Waals surface area contributed by atoms with Crippen LogP contribution in [0.5, 0.6) is 0 Å². The molecule has 0 aliphatic heterocycles. The highest BCUT2D eigenvalue weighted by Crippen LogP contribution is 2.43. The summed E-state index contributed by atoms with van der Waals surface area (Å²) in [6.45, 7) is 0. The van der Waals surface area contributed by atoms with E-state index in [2.05, 4.69) is 22.6 Å². The number of carboxylic acids is 1. The standard InChI is InChI=1S/C12H13IO2/c13-10-4-2-9(3-5-10)8-12(11(14)15)6-1-7-12/h2-5H,1,6-8H2,(H,14,15). The van der Waals surface area contributed by atoms with Crippen LogP contribution in [-0.4, -0.2) is 11.1 Å². The minimum absolute atomic E-state index is 0.465. The molecule has 1 N–H and O–H groups in total. The van der Waals surface area contributed by atoms with E-state index in [0.29, 0.717) is 6.42 Å². The largest absolute Gasteiger partial charge is 0.481 e. The van der Waals surface area contributed by atoms with Crippen LogP contribution in [-0.2, 0) is 11.2 Å². The van der Waals surface area contributed by atoms with Crippen LogP contribution in [0.3, 0.4) is 0 Å². The maximum Gasteiger partial charge on any atom is 0.309 e.